The number of fused-ring (bicyclic) bond motifs is 1. The van der Waals surface area contributed by atoms with Gasteiger partial charge in [-0.1, -0.05) is 11.3 Å². The molecule has 7 nitrogen and oxygen atoms in total. The van der Waals surface area contributed by atoms with Crippen molar-refractivity contribution in [3.8, 4) is 0 Å². The minimum Gasteiger partial charge on any atom is -0.379 e. The fourth-order valence-electron chi connectivity index (χ4n) is 2.84. The second-order valence-corrected chi connectivity index (χ2v) is 9.09. The Morgan fingerprint density at radius 3 is 2.57 bits per heavy atom. The van der Waals surface area contributed by atoms with Crippen molar-refractivity contribution in [1.82, 2.24) is 9.29 Å². The summed E-state index contributed by atoms with van der Waals surface area (Å²) in [6, 6.07) is 9.93. The number of hydrogen-bond donors (Lipinski definition) is 1. The Morgan fingerprint density at radius 2 is 1.86 bits per heavy atom. The molecule has 1 saturated heterocycles. The average Bonchev–Trinajstić information content (AvgIpc) is 3.10. The van der Waals surface area contributed by atoms with Crippen molar-refractivity contribution in [1.29, 1.82) is 0 Å². The lowest BCUT2D eigenvalue weighted by Gasteiger charge is -2.26. The number of hydrogen-bond acceptors (Lipinski definition) is 6. The second-order valence-electron chi connectivity index (χ2n) is 6.13. The number of benzene rings is 2. The highest BCUT2D eigenvalue weighted by atomic mass is 32.2. The van der Waals surface area contributed by atoms with Crippen molar-refractivity contribution in [3.63, 3.8) is 0 Å². The Labute approximate surface area is 164 Å². The molecule has 28 heavy (non-hydrogen) atoms. The molecule has 0 atom stereocenters. The molecule has 0 radical (unpaired) electrons. The molecule has 1 aromatic heterocycles. The molecule has 0 unspecified atom stereocenters. The summed E-state index contributed by atoms with van der Waals surface area (Å²) < 4.78 is 45.7. The Bertz CT molecular complexity index is 1120. The van der Waals surface area contributed by atoms with Crippen molar-refractivity contribution in [2.24, 2.45) is 0 Å². The van der Waals surface area contributed by atoms with Crippen molar-refractivity contribution in [3.05, 3.63) is 53.8 Å². The van der Waals surface area contributed by atoms with Gasteiger partial charge in [-0.25, -0.2) is 17.8 Å². The smallest absolute Gasteiger partial charge is 0.257 e. The standard InChI is InChI=1S/C18H16FN3O4S2/c19-13-3-6-15-16(11-13)27-18(20-15)21-17(23)12-1-4-14(5-2-12)28(24,25)22-7-9-26-10-8-22/h1-6,11H,7-10H2,(H,20,21,23). The lowest BCUT2D eigenvalue weighted by molar-refractivity contribution is 0.0730. The highest BCUT2D eigenvalue weighted by Gasteiger charge is 2.26. The number of morpholine rings is 1. The van der Waals surface area contributed by atoms with Gasteiger partial charge in [-0.3, -0.25) is 10.1 Å². The highest BCUT2D eigenvalue weighted by molar-refractivity contribution is 7.89. The van der Waals surface area contributed by atoms with Crippen LogP contribution in [0.2, 0.25) is 0 Å². The number of ether oxygens (including phenoxy) is 1. The summed E-state index contributed by atoms with van der Waals surface area (Å²) in [6.45, 7) is 1.35. The minimum absolute atomic E-state index is 0.126. The maximum absolute atomic E-state index is 13.3. The number of rotatable bonds is 4. The second kappa shape index (κ2) is 7.55. The minimum atomic E-state index is -3.61. The van der Waals surface area contributed by atoms with E-state index in [1.165, 1.54) is 40.7 Å². The number of amides is 1. The highest BCUT2D eigenvalue weighted by Crippen LogP contribution is 2.27. The van der Waals surface area contributed by atoms with E-state index in [0.29, 0.717) is 47.2 Å². The Kier molecular flexibility index (Phi) is 5.11. The van der Waals surface area contributed by atoms with E-state index in [1.807, 2.05) is 0 Å². The van der Waals surface area contributed by atoms with E-state index in [-0.39, 0.29) is 10.7 Å². The van der Waals surface area contributed by atoms with E-state index in [0.717, 1.165) is 11.3 Å². The van der Waals surface area contributed by atoms with Crippen LogP contribution in [0.5, 0.6) is 0 Å². The van der Waals surface area contributed by atoms with Crippen LogP contribution in [0.1, 0.15) is 10.4 Å². The summed E-state index contributed by atoms with van der Waals surface area (Å²) in [6.07, 6.45) is 0. The zero-order chi connectivity index (χ0) is 19.7. The molecular formula is C18H16FN3O4S2. The van der Waals surface area contributed by atoms with Gasteiger partial charge < -0.3 is 4.74 Å². The number of nitrogens with one attached hydrogen (secondary N) is 1. The first-order valence-corrected chi connectivity index (χ1v) is 10.7. The molecule has 0 spiro atoms. The molecule has 2 heterocycles. The SMILES string of the molecule is O=C(Nc1nc2ccc(F)cc2s1)c1ccc(S(=O)(=O)N2CCOCC2)cc1. The van der Waals surface area contributed by atoms with Crippen LogP contribution in [-0.4, -0.2) is 49.9 Å². The molecule has 0 saturated carbocycles. The topological polar surface area (TPSA) is 88.6 Å². The Balaban J connectivity index is 1.50. The number of thiazole rings is 1. The largest absolute Gasteiger partial charge is 0.379 e. The van der Waals surface area contributed by atoms with Crippen LogP contribution in [0.25, 0.3) is 10.2 Å². The lowest BCUT2D eigenvalue weighted by atomic mass is 10.2. The molecule has 10 heteroatoms. The van der Waals surface area contributed by atoms with Crippen molar-refractivity contribution >= 4 is 42.6 Å². The number of carbonyl (C=O) groups excluding carboxylic acids is 1. The first-order chi connectivity index (χ1) is 13.4. The normalized spacial score (nSPS) is 15.6. The third-order valence-electron chi connectivity index (χ3n) is 4.30. The summed E-state index contributed by atoms with van der Waals surface area (Å²) in [5.74, 6) is -0.791. The van der Waals surface area contributed by atoms with E-state index < -0.39 is 15.9 Å². The van der Waals surface area contributed by atoms with Gasteiger partial charge in [0.2, 0.25) is 10.0 Å². The van der Waals surface area contributed by atoms with Gasteiger partial charge in [0, 0.05) is 18.7 Å². The molecule has 4 rings (SSSR count). The maximum atomic E-state index is 13.3. The van der Waals surface area contributed by atoms with Crippen LogP contribution in [0.4, 0.5) is 9.52 Å². The van der Waals surface area contributed by atoms with Crippen molar-refractivity contribution in [2.45, 2.75) is 4.90 Å². The number of carbonyl (C=O) groups is 1. The van der Waals surface area contributed by atoms with Crippen LogP contribution in [-0.2, 0) is 14.8 Å². The summed E-state index contributed by atoms with van der Waals surface area (Å²) >= 11 is 1.16. The number of aromatic nitrogens is 1. The molecule has 1 amide bonds. The Hall–Kier alpha value is -2.40. The van der Waals surface area contributed by atoms with Crippen LogP contribution in [0.15, 0.2) is 47.4 Å². The fourth-order valence-corrected chi connectivity index (χ4v) is 5.13. The lowest BCUT2D eigenvalue weighted by Crippen LogP contribution is -2.40. The Morgan fingerprint density at radius 1 is 1.14 bits per heavy atom. The quantitative estimate of drug-likeness (QED) is 0.700. The molecule has 3 aromatic rings. The third kappa shape index (κ3) is 3.76. The van der Waals surface area contributed by atoms with Crippen LogP contribution < -0.4 is 5.32 Å². The average molecular weight is 421 g/mol. The summed E-state index contributed by atoms with van der Waals surface area (Å²) in [5.41, 5.74) is 0.889. The summed E-state index contributed by atoms with van der Waals surface area (Å²) in [5, 5.41) is 3.00. The van der Waals surface area contributed by atoms with Gasteiger partial charge >= 0.3 is 0 Å². The number of anilines is 1. The van der Waals surface area contributed by atoms with Gasteiger partial charge in [0.1, 0.15) is 5.82 Å². The third-order valence-corrected chi connectivity index (χ3v) is 7.14. The van der Waals surface area contributed by atoms with E-state index >= 15 is 0 Å². The molecule has 146 valence electrons. The molecular weight excluding hydrogens is 405 g/mol. The number of nitrogens with zero attached hydrogens (tertiary/aromatic N) is 2. The molecule has 2 aromatic carbocycles. The number of halogens is 1. The molecule has 0 aliphatic carbocycles. The zero-order valence-corrected chi connectivity index (χ0v) is 16.2. The van der Waals surface area contributed by atoms with E-state index in [4.69, 9.17) is 4.74 Å². The molecule has 0 bridgehead atoms. The molecule has 1 aliphatic heterocycles. The van der Waals surface area contributed by atoms with Gasteiger partial charge in [-0.2, -0.15) is 4.31 Å². The first-order valence-electron chi connectivity index (χ1n) is 8.49. The predicted molar refractivity (Wildman–Crippen MR) is 104 cm³/mol. The van der Waals surface area contributed by atoms with Crippen molar-refractivity contribution < 1.29 is 22.3 Å². The van der Waals surface area contributed by atoms with E-state index in [9.17, 15) is 17.6 Å². The molecule has 1 aliphatic rings. The number of sulfonamides is 1. The van der Waals surface area contributed by atoms with Gasteiger partial charge in [0.15, 0.2) is 5.13 Å². The summed E-state index contributed by atoms with van der Waals surface area (Å²) in [4.78, 5) is 16.8. The van der Waals surface area contributed by atoms with E-state index in [1.54, 1.807) is 6.07 Å². The predicted octanol–water partition coefficient (Wildman–Crippen LogP) is 2.71. The van der Waals surface area contributed by atoms with Crippen molar-refractivity contribution in [2.75, 3.05) is 31.6 Å². The zero-order valence-electron chi connectivity index (χ0n) is 14.6. The van der Waals surface area contributed by atoms with Gasteiger partial charge in [0.05, 0.1) is 28.3 Å². The molecule has 1 N–H and O–H groups in total. The summed E-state index contributed by atoms with van der Waals surface area (Å²) in [7, 11) is -3.61. The monoisotopic (exact) mass is 421 g/mol. The van der Waals surface area contributed by atoms with Gasteiger partial charge in [0.25, 0.3) is 5.91 Å². The molecule has 1 fully saturated rings. The van der Waals surface area contributed by atoms with Crippen LogP contribution in [0, 0.1) is 5.82 Å². The van der Waals surface area contributed by atoms with Gasteiger partial charge in [-0.15, -0.1) is 0 Å². The van der Waals surface area contributed by atoms with Crippen LogP contribution >= 0.6 is 11.3 Å². The maximum Gasteiger partial charge on any atom is 0.257 e. The fraction of sp³-hybridized carbons (Fsp3) is 0.222. The van der Waals surface area contributed by atoms with Gasteiger partial charge in [-0.05, 0) is 42.5 Å². The van der Waals surface area contributed by atoms with E-state index in [2.05, 4.69) is 10.3 Å². The van der Waals surface area contributed by atoms with Crippen LogP contribution in [0.3, 0.4) is 0 Å². The first kappa shape index (κ1) is 18.9.